The van der Waals surface area contributed by atoms with Gasteiger partial charge in [0.15, 0.2) is 5.78 Å². The van der Waals surface area contributed by atoms with Crippen LogP contribution in [0.3, 0.4) is 0 Å². The van der Waals surface area contributed by atoms with E-state index in [0.29, 0.717) is 12.8 Å². The standard InChI is InChI=1S/C14H17NOS/c1-3-14(15,4-2)13(16)11-7-5-6-10-8-9-17-12(10)11/h5-9H,3-4,15H2,1-2H3. The summed E-state index contributed by atoms with van der Waals surface area (Å²) in [6, 6.07) is 7.87. The van der Waals surface area contributed by atoms with Gasteiger partial charge < -0.3 is 5.73 Å². The van der Waals surface area contributed by atoms with Crippen LogP contribution in [-0.2, 0) is 0 Å². The lowest BCUT2D eigenvalue weighted by Crippen LogP contribution is -2.46. The highest BCUT2D eigenvalue weighted by atomic mass is 32.1. The van der Waals surface area contributed by atoms with Crippen LogP contribution in [0.4, 0.5) is 0 Å². The molecule has 0 spiro atoms. The maximum atomic E-state index is 12.5. The Balaban J connectivity index is 2.53. The maximum Gasteiger partial charge on any atom is 0.184 e. The van der Waals surface area contributed by atoms with E-state index in [9.17, 15) is 4.79 Å². The lowest BCUT2D eigenvalue weighted by atomic mass is 9.85. The van der Waals surface area contributed by atoms with E-state index in [1.807, 2.05) is 43.5 Å². The van der Waals surface area contributed by atoms with Crippen molar-refractivity contribution in [2.24, 2.45) is 5.73 Å². The third-order valence-electron chi connectivity index (χ3n) is 3.44. The number of carbonyl (C=O) groups excluding carboxylic acids is 1. The molecule has 2 rings (SSSR count). The van der Waals surface area contributed by atoms with Crippen LogP contribution >= 0.6 is 11.3 Å². The number of nitrogens with two attached hydrogens (primary N) is 1. The van der Waals surface area contributed by atoms with Crippen LogP contribution in [0.5, 0.6) is 0 Å². The molecule has 0 bridgehead atoms. The lowest BCUT2D eigenvalue weighted by molar-refractivity contribution is 0.0881. The van der Waals surface area contributed by atoms with Gasteiger partial charge in [-0.1, -0.05) is 26.0 Å². The Labute approximate surface area is 105 Å². The van der Waals surface area contributed by atoms with Gasteiger partial charge in [-0.15, -0.1) is 11.3 Å². The number of hydrogen-bond donors (Lipinski definition) is 1. The van der Waals surface area contributed by atoms with Gasteiger partial charge in [0.25, 0.3) is 0 Å². The second-order valence-corrected chi connectivity index (χ2v) is 5.25. The first-order chi connectivity index (χ1) is 8.12. The molecule has 90 valence electrons. The van der Waals surface area contributed by atoms with E-state index in [2.05, 4.69) is 0 Å². The number of Topliss-reactive ketones (excluding diaryl/α,β-unsaturated/α-hetero) is 1. The molecule has 2 nitrogen and oxygen atoms in total. The highest BCUT2D eigenvalue weighted by molar-refractivity contribution is 7.17. The Morgan fingerprint density at radius 3 is 2.65 bits per heavy atom. The third-order valence-corrected chi connectivity index (χ3v) is 4.40. The highest BCUT2D eigenvalue weighted by Gasteiger charge is 2.31. The third kappa shape index (κ3) is 2.01. The van der Waals surface area contributed by atoms with Crippen molar-refractivity contribution in [1.82, 2.24) is 0 Å². The van der Waals surface area contributed by atoms with E-state index in [0.717, 1.165) is 15.6 Å². The maximum absolute atomic E-state index is 12.5. The van der Waals surface area contributed by atoms with Crippen LogP contribution in [0.25, 0.3) is 10.1 Å². The largest absolute Gasteiger partial charge is 0.319 e. The summed E-state index contributed by atoms with van der Waals surface area (Å²) in [5.41, 5.74) is 6.23. The van der Waals surface area contributed by atoms with E-state index in [4.69, 9.17) is 5.73 Å². The van der Waals surface area contributed by atoms with Gasteiger partial charge in [-0.05, 0) is 35.7 Å². The molecule has 3 heteroatoms. The van der Waals surface area contributed by atoms with E-state index in [-0.39, 0.29) is 5.78 Å². The number of hydrogen-bond acceptors (Lipinski definition) is 3. The molecule has 2 N–H and O–H groups in total. The Morgan fingerprint density at radius 2 is 2.00 bits per heavy atom. The summed E-state index contributed by atoms with van der Waals surface area (Å²) in [7, 11) is 0. The molecular formula is C14H17NOS. The van der Waals surface area contributed by atoms with Crippen molar-refractivity contribution in [2.75, 3.05) is 0 Å². The molecule has 0 amide bonds. The predicted molar refractivity (Wildman–Crippen MR) is 73.7 cm³/mol. The molecule has 1 aromatic heterocycles. The summed E-state index contributed by atoms with van der Waals surface area (Å²) in [6.07, 6.45) is 1.34. The van der Waals surface area contributed by atoms with E-state index >= 15 is 0 Å². The van der Waals surface area contributed by atoms with Crippen LogP contribution in [0.1, 0.15) is 37.0 Å². The van der Waals surface area contributed by atoms with Gasteiger partial charge in [0.2, 0.25) is 0 Å². The summed E-state index contributed by atoms with van der Waals surface area (Å²) in [5, 5.41) is 3.13. The van der Waals surface area contributed by atoms with Crippen LogP contribution in [0.2, 0.25) is 0 Å². The molecule has 17 heavy (non-hydrogen) atoms. The first-order valence-electron chi connectivity index (χ1n) is 5.92. The van der Waals surface area contributed by atoms with Gasteiger partial charge in [0.05, 0.1) is 5.54 Å². The smallest absolute Gasteiger partial charge is 0.184 e. The molecule has 0 fully saturated rings. The van der Waals surface area contributed by atoms with Crippen molar-refractivity contribution < 1.29 is 4.79 Å². The molecule has 1 heterocycles. The number of carbonyl (C=O) groups is 1. The van der Waals surface area contributed by atoms with Gasteiger partial charge in [0.1, 0.15) is 0 Å². The summed E-state index contributed by atoms with van der Waals surface area (Å²) >= 11 is 1.60. The van der Waals surface area contributed by atoms with Gasteiger partial charge in [-0.25, -0.2) is 0 Å². The normalized spacial score (nSPS) is 11.9. The average Bonchev–Trinajstić information content (AvgIpc) is 2.85. The molecule has 2 aromatic rings. The SMILES string of the molecule is CCC(N)(CC)C(=O)c1cccc2ccsc12. The van der Waals surface area contributed by atoms with Gasteiger partial charge >= 0.3 is 0 Å². The minimum Gasteiger partial charge on any atom is -0.319 e. The molecule has 0 aliphatic carbocycles. The highest BCUT2D eigenvalue weighted by Crippen LogP contribution is 2.28. The first kappa shape index (κ1) is 12.3. The average molecular weight is 247 g/mol. The monoisotopic (exact) mass is 247 g/mol. The van der Waals surface area contributed by atoms with E-state index < -0.39 is 5.54 Å². The molecule has 0 unspecified atom stereocenters. The summed E-state index contributed by atoms with van der Waals surface area (Å²) < 4.78 is 1.05. The van der Waals surface area contributed by atoms with Crippen LogP contribution in [-0.4, -0.2) is 11.3 Å². The number of benzene rings is 1. The lowest BCUT2D eigenvalue weighted by Gasteiger charge is -2.25. The van der Waals surface area contributed by atoms with E-state index in [1.54, 1.807) is 11.3 Å². The molecule has 1 aromatic carbocycles. The summed E-state index contributed by atoms with van der Waals surface area (Å²) in [4.78, 5) is 12.5. The number of ketones is 1. The minimum atomic E-state index is -0.724. The van der Waals surface area contributed by atoms with Gasteiger partial charge in [0, 0.05) is 10.3 Å². The van der Waals surface area contributed by atoms with Crippen molar-refractivity contribution in [1.29, 1.82) is 0 Å². The fourth-order valence-corrected chi connectivity index (χ4v) is 2.92. The minimum absolute atomic E-state index is 0.0653. The van der Waals surface area contributed by atoms with Crippen molar-refractivity contribution in [2.45, 2.75) is 32.2 Å². The van der Waals surface area contributed by atoms with Crippen molar-refractivity contribution in [3.63, 3.8) is 0 Å². The quantitative estimate of drug-likeness (QED) is 0.839. The number of fused-ring (bicyclic) bond motifs is 1. The zero-order valence-electron chi connectivity index (χ0n) is 10.2. The first-order valence-corrected chi connectivity index (χ1v) is 6.80. The molecule has 0 atom stereocenters. The van der Waals surface area contributed by atoms with E-state index in [1.165, 1.54) is 0 Å². The number of rotatable bonds is 4. The molecular weight excluding hydrogens is 230 g/mol. The number of thiophene rings is 1. The van der Waals surface area contributed by atoms with Crippen LogP contribution in [0, 0.1) is 0 Å². The fourth-order valence-electron chi connectivity index (χ4n) is 2.01. The topological polar surface area (TPSA) is 43.1 Å². The molecule has 0 saturated carbocycles. The van der Waals surface area contributed by atoms with Gasteiger partial charge in [-0.3, -0.25) is 4.79 Å². The predicted octanol–water partition coefficient (Wildman–Crippen LogP) is 3.60. The zero-order valence-corrected chi connectivity index (χ0v) is 11.0. The summed E-state index contributed by atoms with van der Waals surface area (Å²) in [6.45, 7) is 3.94. The van der Waals surface area contributed by atoms with Gasteiger partial charge in [-0.2, -0.15) is 0 Å². The Hall–Kier alpha value is -1.19. The Morgan fingerprint density at radius 1 is 1.29 bits per heavy atom. The van der Waals surface area contributed by atoms with Crippen LogP contribution < -0.4 is 5.73 Å². The van der Waals surface area contributed by atoms with Crippen molar-refractivity contribution in [3.05, 3.63) is 35.2 Å². The molecule has 0 aliphatic heterocycles. The second-order valence-electron chi connectivity index (χ2n) is 4.34. The zero-order chi connectivity index (χ0) is 12.5. The second kappa shape index (κ2) is 4.59. The molecule has 0 saturated heterocycles. The Bertz CT molecular complexity index is 540. The molecule has 0 aliphatic rings. The Kier molecular flexibility index (Phi) is 3.31. The van der Waals surface area contributed by atoms with Crippen molar-refractivity contribution in [3.8, 4) is 0 Å². The molecule has 0 radical (unpaired) electrons. The summed E-state index contributed by atoms with van der Waals surface area (Å²) in [5.74, 6) is 0.0653. The fraction of sp³-hybridized carbons (Fsp3) is 0.357. The van der Waals surface area contributed by atoms with Crippen LogP contribution in [0.15, 0.2) is 29.6 Å². The van der Waals surface area contributed by atoms with Crippen molar-refractivity contribution >= 4 is 27.2 Å².